The van der Waals surface area contributed by atoms with Crippen molar-refractivity contribution < 1.29 is 23.8 Å². The van der Waals surface area contributed by atoms with Crippen LogP contribution in [0.1, 0.15) is 16.8 Å². The Labute approximate surface area is 151 Å². The summed E-state index contributed by atoms with van der Waals surface area (Å²) in [4.78, 5) is 28.3. The van der Waals surface area contributed by atoms with E-state index >= 15 is 0 Å². The third-order valence-electron chi connectivity index (χ3n) is 4.77. The average molecular weight is 362 g/mol. The molecule has 0 radical (unpaired) electrons. The molecule has 2 fully saturated rings. The van der Waals surface area contributed by atoms with Crippen molar-refractivity contribution in [2.45, 2.75) is 18.6 Å². The number of aliphatic hydroxyl groups is 1. The second-order valence-electron chi connectivity index (χ2n) is 6.57. The van der Waals surface area contributed by atoms with Gasteiger partial charge < -0.3 is 19.6 Å². The molecule has 0 spiro atoms. The third kappa shape index (κ3) is 3.72. The molecule has 1 unspecified atom stereocenters. The van der Waals surface area contributed by atoms with Crippen molar-refractivity contribution in [1.82, 2.24) is 9.80 Å². The largest absolute Gasteiger partial charge is 0.489 e. The lowest BCUT2D eigenvalue weighted by Gasteiger charge is -2.41. The quantitative estimate of drug-likeness (QED) is 0.774. The maximum atomic E-state index is 13.2. The fourth-order valence-electron chi connectivity index (χ4n) is 3.21. The van der Waals surface area contributed by atoms with E-state index in [1.54, 1.807) is 35.2 Å². The Hall–Kier alpha value is -2.41. The normalized spacial score (nSPS) is 24.9. The third-order valence-corrected chi connectivity index (χ3v) is 4.77. The Morgan fingerprint density at radius 3 is 2.73 bits per heavy atom. The molecule has 1 saturated carbocycles. The molecule has 1 aliphatic carbocycles. The minimum atomic E-state index is -1.07. The SMILES string of the molecule is C=CCOc1ccccc1C(=O)N1CCN(C(=O)[C@H]2C[C@H]2F)C(CO)C1. The monoisotopic (exact) mass is 362 g/mol. The lowest BCUT2D eigenvalue weighted by molar-refractivity contribution is -0.138. The number of benzene rings is 1. The molecular formula is C19H23FN2O4. The molecule has 1 heterocycles. The van der Waals surface area contributed by atoms with Gasteiger partial charge in [-0.1, -0.05) is 24.8 Å². The number of aliphatic hydroxyl groups excluding tert-OH is 1. The molecule has 3 rings (SSSR count). The van der Waals surface area contributed by atoms with Crippen LogP contribution in [0.4, 0.5) is 4.39 Å². The molecular weight excluding hydrogens is 339 g/mol. The average Bonchev–Trinajstić information content (AvgIpc) is 3.41. The summed E-state index contributed by atoms with van der Waals surface area (Å²) in [6.45, 7) is 4.45. The summed E-state index contributed by atoms with van der Waals surface area (Å²) in [5, 5.41) is 9.66. The minimum Gasteiger partial charge on any atom is -0.489 e. The summed E-state index contributed by atoms with van der Waals surface area (Å²) in [7, 11) is 0. The van der Waals surface area contributed by atoms with Crippen LogP contribution in [0.25, 0.3) is 0 Å². The molecule has 26 heavy (non-hydrogen) atoms. The van der Waals surface area contributed by atoms with E-state index in [0.29, 0.717) is 17.9 Å². The van der Waals surface area contributed by atoms with Gasteiger partial charge in [-0.15, -0.1) is 0 Å². The van der Waals surface area contributed by atoms with Gasteiger partial charge in [-0.25, -0.2) is 4.39 Å². The second-order valence-corrected chi connectivity index (χ2v) is 6.57. The number of alkyl halides is 1. The fraction of sp³-hybridized carbons (Fsp3) is 0.474. The summed E-state index contributed by atoms with van der Waals surface area (Å²) in [6, 6.07) is 6.42. The highest BCUT2D eigenvalue weighted by atomic mass is 19.1. The number of piperazine rings is 1. The lowest BCUT2D eigenvalue weighted by Crippen LogP contribution is -2.58. The molecule has 6 nitrogen and oxygen atoms in total. The molecule has 1 aromatic carbocycles. The van der Waals surface area contributed by atoms with E-state index < -0.39 is 18.1 Å². The molecule has 0 aromatic heterocycles. The predicted molar refractivity (Wildman–Crippen MR) is 93.6 cm³/mol. The van der Waals surface area contributed by atoms with Crippen molar-refractivity contribution in [3.05, 3.63) is 42.5 Å². The summed E-state index contributed by atoms with van der Waals surface area (Å²) in [5.41, 5.74) is 0.428. The van der Waals surface area contributed by atoms with Gasteiger partial charge >= 0.3 is 0 Å². The topological polar surface area (TPSA) is 70.1 Å². The van der Waals surface area contributed by atoms with Gasteiger partial charge in [-0.3, -0.25) is 9.59 Å². The van der Waals surface area contributed by atoms with Gasteiger partial charge in [0.15, 0.2) is 0 Å². The number of hydrogen-bond donors (Lipinski definition) is 1. The Bertz CT molecular complexity index is 696. The Kier molecular flexibility index (Phi) is 5.56. The number of halogens is 1. The number of carbonyl (C=O) groups is 2. The number of amides is 2. The fourth-order valence-corrected chi connectivity index (χ4v) is 3.21. The molecule has 2 amide bonds. The zero-order valence-corrected chi connectivity index (χ0v) is 14.5. The molecule has 1 aliphatic heterocycles. The molecule has 3 atom stereocenters. The van der Waals surface area contributed by atoms with E-state index in [-0.39, 0.29) is 44.5 Å². The Morgan fingerprint density at radius 2 is 2.08 bits per heavy atom. The first-order valence-corrected chi connectivity index (χ1v) is 8.74. The predicted octanol–water partition coefficient (Wildman–Crippen LogP) is 1.25. The molecule has 7 heteroatoms. The van der Waals surface area contributed by atoms with Crippen LogP contribution < -0.4 is 4.74 Å². The number of nitrogens with zero attached hydrogens (tertiary/aromatic N) is 2. The van der Waals surface area contributed by atoms with Crippen molar-refractivity contribution in [3.8, 4) is 5.75 Å². The van der Waals surface area contributed by atoms with Crippen molar-refractivity contribution in [1.29, 1.82) is 0 Å². The van der Waals surface area contributed by atoms with Gasteiger partial charge in [0.2, 0.25) is 5.91 Å². The van der Waals surface area contributed by atoms with E-state index in [4.69, 9.17) is 4.74 Å². The number of rotatable bonds is 6. The standard InChI is InChI=1S/C19H23FN2O4/c1-2-9-26-17-6-4-3-5-14(17)18(24)21-7-8-22(13(11-21)12-23)19(25)15-10-16(15)20/h2-6,13,15-16,23H,1,7-12H2/t13?,15-,16+/m0/s1. The van der Waals surface area contributed by atoms with Gasteiger partial charge in [-0.05, 0) is 18.6 Å². The Balaban J connectivity index is 1.70. The van der Waals surface area contributed by atoms with Gasteiger partial charge in [-0.2, -0.15) is 0 Å². The van der Waals surface area contributed by atoms with Gasteiger partial charge in [0.05, 0.1) is 24.1 Å². The van der Waals surface area contributed by atoms with E-state index in [0.717, 1.165) is 0 Å². The summed E-state index contributed by atoms with van der Waals surface area (Å²) < 4.78 is 18.7. The van der Waals surface area contributed by atoms with Gasteiger partial charge in [0.1, 0.15) is 18.5 Å². The Morgan fingerprint density at radius 1 is 1.35 bits per heavy atom. The first-order chi connectivity index (χ1) is 12.6. The summed E-state index contributed by atoms with van der Waals surface area (Å²) >= 11 is 0. The van der Waals surface area contributed by atoms with Crippen LogP contribution in [0.2, 0.25) is 0 Å². The molecule has 1 N–H and O–H groups in total. The summed E-state index contributed by atoms with van der Waals surface area (Å²) in [6.07, 6.45) is 0.781. The van der Waals surface area contributed by atoms with Gasteiger partial charge in [0.25, 0.3) is 5.91 Å². The second kappa shape index (κ2) is 7.86. The van der Waals surface area contributed by atoms with Crippen LogP contribution in [-0.4, -0.2) is 71.8 Å². The number of hydrogen-bond acceptors (Lipinski definition) is 4. The number of para-hydroxylation sites is 1. The summed E-state index contributed by atoms with van der Waals surface area (Å²) in [5.74, 6) is -0.600. The van der Waals surface area contributed by atoms with Crippen molar-refractivity contribution in [2.75, 3.05) is 32.8 Å². The van der Waals surface area contributed by atoms with Crippen molar-refractivity contribution >= 4 is 11.8 Å². The van der Waals surface area contributed by atoms with Crippen molar-refractivity contribution in [3.63, 3.8) is 0 Å². The minimum absolute atomic E-state index is 0.209. The van der Waals surface area contributed by atoms with E-state index in [9.17, 15) is 19.1 Å². The maximum Gasteiger partial charge on any atom is 0.257 e. The van der Waals surface area contributed by atoms with Crippen LogP contribution in [0.3, 0.4) is 0 Å². The van der Waals surface area contributed by atoms with E-state index in [1.807, 2.05) is 0 Å². The van der Waals surface area contributed by atoms with Crippen LogP contribution >= 0.6 is 0 Å². The van der Waals surface area contributed by atoms with Crippen molar-refractivity contribution in [2.24, 2.45) is 5.92 Å². The van der Waals surface area contributed by atoms with Crippen LogP contribution in [0.5, 0.6) is 5.75 Å². The smallest absolute Gasteiger partial charge is 0.257 e. The number of carbonyl (C=O) groups excluding carboxylic acids is 2. The van der Waals surface area contributed by atoms with E-state index in [1.165, 1.54) is 4.90 Å². The van der Waals surface area contributed by atoms with Crippen LogP contribution in [-0.2, 0) is 4.79 Å². The molecule has 2 aliphatic rings. The first kappa shape index (κ1) is 18.4. The first-order valence-electron chi connectivity index (χ1n) is 8.74. The van der Waals surface area contributed by atoms with Gasteiger partial charge in [0, 0.05) is 19.6 Å². The molecule has 1 aromatic rings. The van der Waals surface area contributed by atoms with E-state index in [2.05, 4.69) is 6.58 Å². The number of ether oxygens (including phenoxy) is 1. The highest BCUT2D eigenvalue weighted by Gasteiger charge is 2.47. The zero-order chi connectivity index (χ0) is 18.7. The lowest BCUT2D eigenvalue weighted by atomic mass is 10.1. The molecule has 1 saturated heterocycles. The van der Waals surface area contributed by atoms with Crippen LogP contribution in [0.15, 0.2) is 36.9 Å². The van der Waals surface area contributed by atoms with Crippen LogP contribution in [0, 0.1) is 5.92 Å². The molecule has 0 bridgehead atoms. The zero-order valence-electron chi connectivity index (χ0n) is 14.5. The highest BCUT2D eigenvalue weighted by molar-refractivity contribution is 5.97. The molecule has 140 valence electrons. The maximum absolute atomic E-state index is 13.2. The highest BCUT2D eigenvalue weighted by Crippen LogP contribution is 2.36.